The van der Waals surface area contributed by atoms with Gasteiger partial charge < -0.3 is 10.8 Å². The molecule has 4 nitrogen and oxygen atoms in total. The normalized spacial score (nSPS) is 14.2. The van der Waals surface area contributed by atoms with Crippen molar-refractivity contribution in [3.05, 3.63) is 0 Å². The van der Waals surface area contributed by atoms with Crippen LogP contribution in [0.2, 0.25) is 0 Å². The maximum atomic E-state index is 9.30. The summed E-state index contributed by atoms with van der Waals surface area (Å²) in [5, 5.41) is 9.30. The molecule has 190 valence electrons. The van der Waals surface area contributed by atoms with Gasteiger partial charge in [0.25, 0.3) is 0 Å². The number of hydrogen-bond donors (Lipinski definition) is 2. The molecule has 3 N–H and O–H groups in total. The van der Waals surface area contributed by atoms with Crippen molar-refractivity contribution < 1.29 is 9.68 Å². The van der Waals surface area contributed by atoms with Crippen LogP contribution < -0.4 is 5.73 Å². The third kappa shape index (κ3) is 15.3. The summed E-state index contributed by atoms with van der Waals surface area (Å²) >= 11 is 0. The van der Waals surface area contributed by atoms with Crippen LogP contribution in [0.1, 0.15) is 135 Å². The Morgan fingerprint density at radius 2 is 1.16 bits per heavy atom. The molecule has 1 aliphatic rings. The minimum atomic E-state index is 0.249. The highest BCUT2D eigenvalue weighted by atomic mass is 16.3. The van der Waals surface area contributed by atoms with Crippen LogP contribution in [0.4, 0.5) is 0 Å². The van der Waals surface area contributed by atoms with Crippen LogP contribution in [0.15, 0.2) is 0 Å². The van der Waals surface area contributed by atoms with E-state index in [0.29, 0.717) is 0 Å². The topological polar surface area (TPSA) is 52.5 Å². The van der Waals surface area contributed by atoms with E-state index in [2.05, 4.69) is 16.4 Å². The molecule has 0 atom stereocenters. The highest BCUT2D eigenvalue weighted by Crippen LogP contribution is 2.15. The van der Waals surface area contributed by atoms with Crippen molar-refractivity contribution in [1.82, 2.24) is 4.90 Å². The van der Waals surface area contributed by atoms with Crippen LogP contribution in [0.5, 0.6) is 0 Å². The average Bonchev–Trinajstić information content (AvgIpc) is 3.17. The molecule has 0 amide bonds. The lowest BCUT2D eigenvalue weighted by Crippen LogP contribution is -2.33. The molecule has 0 unspecified atom stereocenters. The Kier molecular flexibility index (Phi) is 20.4. The van der Waals surface area contributed by atoms with Crippen molar-refractivity contribution in [1.29, 1.82) is 0 Å². The Labute approximate surface area is 201 Å². The van der Waals surface area contributed by atoms with Crippen LogP contribution in [-0.2, 0) is 0 Å². The number of hydrogen-bond acceptors (Lipinski definition) is 3. The van der Waals surface area contributed by atoms with Gasteiger partial charge in [0.1, 0.15) is 19.6 Å². The Hall–Kier alpha value is -0.610. The van der Waals surface area contributed by atoms with E-state index in [1.165, 1.54) is 128 Å². The summed E-state index contributed by atoms with van der Waals surface area (Å²) in [6.45, 7) is 7.12. The number of unbranched alkanes of at least 4 members (excludes halogenated alkanes) is 18. The molecule has 0 spiro atoms. The lowest BCUT2D eigenvalue weighted by molar-refractivity contribution is -0.516. The third-order valence-electron chi connectivity index (χ3n) is 7.14. The molecule has 0 radical (unpaired) electrons. The number of nitrogens with zero attached hydrogens (tertiary/aromatic N) is 2. The maximum Gasteiger partial charge on any atom is 0.247 e. The van der Waals surface area contributed by atoms with E-state index in [4.69, 9.17) is 5.73 Å². The first-order valence-corrected chi connectivity index (χ1v) is 14.5. The van der Waals surface area contributed by atoms with E-state index in [0.717, 1.165) is 39.1 Å². The van der Waals surface area contributed by atoms with E-state index in [9.17, 15) is 5.11 Å². The smallest absolute Gasteiger partial charge is 0.247 e. The minimum absolute atomic E-state index is 0.249. The molecule has 0 aromatic heterocycles. The zero-order valence-corrected chi connectivity index (χ0v) is 21.8. The zero-order chi connectivity index (χ0) is 23.1. The summed E-state index contributed by atoms with van der Waals surface area (Å²) < 4.78 is 2.43. The first-order chi connectivity index (χ1) is 15.8. The molecule has 32 heavy (non-hydrogen) atoms. The second-order valence-electron chi connectivity index (χ2n) is 10.0. The Balaban J connectivity index is 1.85. The van der Waals surface area contributed by atoms with Crippen molar-refractivity contribution in [3.63, 3.8) is 0 Å². The monoisotopic (exact) mass is 452 g/mol. The Morgan fingerprint density at radius 3 is 1.56 bits per heavy atom. The van der Waals surface area contributed by atoms with Crippen molar-refractivity contribution in [2.24, 2.45) is 5.73 Å². The zero-order valence-electron chi connectivity index (χ0n) is 21.8. The molecule has 1 aliphatic heterocycles. The van der Waals surface area contributed by atoms with Gasteiger partial charge in [0.2, 0.25) is 5.84 Å². The highest BCUT2D eigenvalue weighted by molar-refractivity contribution is 5.78. The molecule has 1 rings (SSSR count). The number of aliphatic hydroxyl groups is 1. The van der Waals surface area contributed by atoms with Gasteiger partial charge in [0.05, 0.1) is 13.2 Å². The van der Waals surface area contributed by atoms with Gasteiger partial charge >= 0.3 is 0 Å². The average molecular weight is 453 g/mol. The molecular formula is C28H58N3O+. The third-order valence-corrected chi connectivity index (χ3v) is 7.14. The maximum absolute atomic E-state index is 9.30. The summed E-state index contributed by atoms with van der Waals surface area (Å²) in [7, 11) is 0. The van der Waals surface area contributed by atoms with E-state index >= 15 is 0 Å². The van der Waals surface area contributed by atoms with Gasteiger partial charge in [-0.05, 0) is 6.42 Å². The first kappa shape index (κ1) is 29.4. The van der Waals surface area contributed by atoms with E-state index in [1.807, 2.05) is 0 Å². The van der Waals surface area contributed by atoms with Gasteiger partial charge in [-0.3, -0.25) is 9.48 Å². The van der Waals surface area contributed by atoms with Crippen molar-refractivity contribution in [3.8, 4) is 0 Å². The quantitative estimate of drug-likeness (QED) is 0.130. The molecule has 0 saturated heterocycles. The summed E-state index contributed by atoms with van der Waals surface area (Å²) in [4.78, 5) is 2.37. The molecule has 0 aromatic rings. The van der Waals surface area contributed by atoms with Crippen LogP contribution in [-0.4, -0.2) is 59.7 Å². The summed E-state index contributed by atoms with van der Waals surface area (Å²) in [6, 6.07) is 0. The fourth-order valence-corrected chi connectivity index (χ4v) is 5.14. The van der Waals surface area contributed by atoms with Crippen molar-refractivity contribution in [2.75, 3.05) is 39.3 Å². The van der Waals surface area contributed by atoms with Gasteiger partial charge in [-0.25, -0.2) is 0 Å². The fourth-order valence-electron chi connectivity index (χ4n) is 5.14. The molecule has 0 bridgehead atoms. The fraction of sp³-hybridized carbons (Fsp3) is 0.964. The minimum Gasteiger partial charge on any atom is -0.392 e. The van der Waals surface area contributed by atoms with Gasteiger partial charge in [0.15, 0.2) is 0 Å². The predicted octanol–water partition coefficient (Wildman–Crippen LogP) is 6.49. The first-order valence-electron chi connectivity index (χ1n) is 14.5. The van der Waals surface area contributed by atoms with Crippen LogP contribution >= 0.6 is 0 Å². The SMILES string of the molecule is CCCCCCCCCCCCCCCCCCCCCC1=[N+](CCN)CCN1CCO. The van der Waals surface area contributed by atoms with Gasteiger partial charge in [0, 0.05) is 13.0 Å². The molecular weight excluding hydrogens is 394 g/mol. The Bertz CT molecular complexity index is 438. The van der Waals surface area contributed by atoms with Crippen LogP contribution in [0.25, 0.3) is 0 Å². The highest BCUT2D eigenvalue weighted by Gasteiger charge is 2.28. The lowest BCUT2D eigenvalue weighted by Gasteiger charge is -2.12. The van der Waals surface area contributed by atoms with Gasteiger partial charge in [-0.15, -0.1) is 0 Å². The van der Waals surface area contributed by atoms with Crippen molar-refractivity contribution in [2.45, 2.75) is 135 Å². The number of aliphatic hydroxyl groups excluding tert-OH is 1. The van der Waals surface area contributed by atoms with Gasteiger partial charge in [-0.2, -0.15) is 0 Å². The largest absolute Gasteiger partial charge is 0.392 e. The number of β-amino-alcohol motifs (C(OH)–C–C–N with tert-alkyl or cyclic N) is 1. The standard InChI is InChI=1S/C28H58N3O/c1-2-3-4-5-6-7-8-9-10-11-12-13-14-15-16-17-18-19-20-21-28-30(23-22-29)24-25-31(28)26-27-32/h32H,2-27,29H2,1H3/q+1. The van der Waals surface area contributed by atoms with Crippen LogP contribution in [0.3, 0.4) is 0 Å². The van der Waals surface area contributed by atoms with E-state index < -0.39 is 0 Å². The molecule has 4 heteroatoms. The number of nitrogens with two attached hydrogens (primary N) is 1. The van der Waals surface area contributed by atoms with Crippen molar-refractivity contribution >= 4 is 5.84 Å². The van der Waals surface area contributed by atoms with E-state index in [-0.39, 0.29) is 6.61 Å². The molecule has 0 saturated carbocycles. The summed E-state index contributed by atoms with van der Waals surface area (Å²) in [5.41, 5.74) is 5.77. The second kappa shape index (κ2) is 22.2. The summed E-state index contributed by atoms with van der Waals surface area (Å²) in [6.07, 6.45) is 28.3. The number of rotatable bonds is 24. The van der Waals surface area contributed by atoms with Crippen LogP contribution in [0, 0.1) is 0 Å². The molecule has 0 aliphatic carbocycles. The predicted molar refractivity (Wildman–Crippen MR) is 141 cm³/mol. The van der Waals surface area contributed by atoms with Gasteiger partial charge in [-0.1, -0.05) is 122 Å². The molecule has 0 fully saturated rings. The molecule has 1 heterocycles. The molecule has 0 aromatic carbocycles. The Morgan fingerprint density at radius 1 is 0.719 bits per heavy atom. The summed E-state index contributed by atoms with van der Waals surface area (Å²) in [5.74, 6) is 1.43. The second-order valence-corrected chi connectivity index (χ2v) is 10.0. The number of amidine groups is 1. The van der Waals surface area contributed by atoms with E-state index in [1.54, 1.807) is 0 Å². The lowest BCUT2D eigenvalue weighted by atomic mass is 10.0.